The van der Waals surface area contributed by atoms with Gasteiger partial charge in [0.15, 0.2) is 5.78 Å². The maximum Gasteiger partial charge on any atom is 0.224 e. The number of anilines is 2. The SMILES string of the molecule is COc1cccc([C@H]2C3=C(C[C@@H](c4ccc(Cl)cc4)CC3=O)Nc3ccccc3N2C(C)=O)c1. The number of Topliss-reactive ketones (excluding diaryl/α,β-unsaturated/α-hetero) is 1. The summed E-state index contributed by atoms with van der Waals surface area (Å²) in [7, 11) is 1.61. The summed E-state index contributed by atoms with van der Waals surface area (Å²) >= 11 is 6.09. The molecule has 34 heavy (non-hydrogen) atoms. The smallest absolute Gasteiger partial charge is 0.224 e. The second kappa shape index (κ2) is 8.99. The van der Waals surface area contributed by atoms with E-state index in [-0.39, 0.29) is 17.6 Å². The molecule has 1 aliphatic heterocycles. The Bertz CT molecular complexity index is 1300. The van der Waals surface area contributed by atoms with Gasteiger partial charge in [-0.1, -0.05) is 48.0 Å². The summed E-state index contributed by atoms with van der Waals surface area (Å²) in [5.41, 5.74) is 4.93. The predicted octanol–water partition coefficient (Wildman–Crippen LogP) is 6.27. The summed E-state index contributed by atoms with van der Waals surface area (Å²) in [6.07, 6.45) is 1.02. The lowest BCUT2D eigenvalue weighted by Gasteiger charge is -2.34. The molecule has 3 aromatic carbocycles. The fraction of sp³-hybridized carbons (Fsp3) is 0.214. The molecule has 172 valence electrons. The van der Waals surface area contributed by atoms with Gasteiger partial charge in [-0.3, -0.25) is 14.5 Å². The van der Waals surface area contributed by atoms with Gasteiger partial charge in [-0.15, -0.1) is 0 Å². The van der Waals surface area contributed by atoms with E-state index in [1.807, 2.05) is 72.8 Å². The van der Waals surface area contributed by atoms with Gasteiger partial charge in [-0.05, 0) is 59.9 Å². The van der Waals surface area contributed by atoms with Crippen molar-refractivity contribution in [3.63, 3.8) is 0 Å². The van der Waals surface area contributed by atoms with Crippen LogP contribution in [0.1, 0.15) is 42.9 Å². The van der Waals surface area contributed by atoms with Crippen LogP contribution >= 0.6 is 11.6 Å². The van der Waals surface area contributed by atoms with E-state index in [2.05, 4.69) is 5.32 Å². The van der Waals surface area contributed by atoms with Crippen molar-refractivity contribution < 1.29 is 14.3 Å². The monoisotopic (exact) mass is 472 g/mol. The van der Waals surface area contributed by atoms with Crippen molar-refractivity contribution in [1.82, 2.24) is 0 Å². The molecule has 1 amide bonds. The van der Waals surface area contributed by atoms with Gasteiger partial charge in [0.2, 0.25) is 5.91 Å². The van der Waals surface area contributed by atoms with Crippen LogP contribution in [-0.4, -0.2) is 18.8 Å². The third-order valence-electron chi connectivity index (χ3n) is 6.58. The number of para-hydroxylation sites is 2. The van der Waals surface area contributed by atoms with Gasteiger partial charge in [-0.2, -0.15) is 0 Å². The van der Waals surface area contributed by atoms with E-state index in [9.17, 15) is 9.59 Å². The third kappa shape index (κ3) is 3.97. The molecule has 1 aliphatic carbocycles. The van der Waals surface area contributed by atoms with Crippen molar-refractivity contribution in [2.75, 3.05) is 17.3 Å². The van der Waals surface area contributed by atoms with Crippen molar-refractivity contribution in [2.24, 2.45) is 0 Å². The van der Waals surface area contributed by atoms with Crippen molar-refractivity contribution in [1.29, 1.82) is 0 Å². The molecule has 0 spiro atoms. The molecular weight excluding hydrogens is 448 g/mol. The number of benzene rings is 3. The predicted molar refractivity (Wildman–Crippen MR) is 134 cm³/mol. The highest BCUT2D eigenvalue weighted by Crippen LogP contribution is 2.47. The first-order chi connectivity index (χ1) is 16.5. The highest BCUT2D eigenvalue weighted by molar-refractivity contribution is 6.30. The fourth-order valence-corrected chi connectivity index (χ4v) is 5.16. The standard InChI is InChI=1S/C28H25ClN2O3/c1-17(32)31-25-9-4-3-8-23(25)30-24-15-20(18-10-12-21(29)13-11-18)16-26(33)27(24)28(31)19-6-5-7-22(14-19)34-2/h3-14,20,28,30H,15-16H2,1-2H3/t20-,28+/m1/s1. The molecule has 0 bridgehead atoms. The summed E-state index contributed by atoms with van der Waals surface area (Å²) < 4.78 is 5.46. The van der Waals surface area contributed by atoms with Crippen molar-refractivity contribution >= 4 is 34.7 Å². The van der Waals surface area contributed by atoms with Crippen LogP contribution in [0.5, 0.6) is 5.75 Å². The van der Waals surface area contributed by atoms with Gasteiger partial charge in [0.05, 0.1) is 24.5 Å². The van der Waals surface area contributed by atoms with Gasteiger partial charge in [0, 0.05) is 29.6 Å². The molecule has 2 atom stereocenters. The second-order valence-corrected chi connectivity index (χ2v) is 9.12. The van der Waals surface area contributed by atoms with Crippen molar-refractivity contribution in [3.05, 3.63) is 100 Å². The number of carbonyl (C=O) groups is 2. The van der Waals surface area contributed by atoms with Crippen LogP contribution in [0, 0.1) is 0 Å². The Morgan fingerprint density at radius 2 is 1.76 bits per heavy atom. The third-order valence-corrected chi connectivity index (χ3v) is 6.83. The average molecular weight is 473 g/mol. The minimum absolute atomic E-state index is 0.0259. The number of hydrogen-bond acceptors (Lipinski definition) is 4. The molecule has 0 aromatic heterocycles. The molecular formula is C28H25ClN2O3. The maximum atomic E-state index is 13.8. The molecule has 2 aliphatic rings. The zero-order valence-corrected chi connectivity index (χ0v) is 19.8. The van der Waals surface area contributed by atoms with Crippen LogP contribution in [-0.2, 0) is 9.59 Å². The van der Waals surface area contributed by atoms with E-state index < -0.39 is 6.04 Å². The molecule has 5 rings (SSSR count). The van der Waals surface area contributed by atoms with E-state index >= 15 is 0 Å². The van der Waals surface area contributed by atoms with Crippen LogP contribution in [0.2, 0.25) is 5.02 Å². The van der Waals surface area contributed by atoms with Gasteiger partial charge < -0.3 is 10.1 Å². The number of rotatable bonds is 3. The fourth-order valence-electron chi connectivity index (χ4n) is 5.04. The number of nitrogens with zero attached hydrogens (tertiary/aromatic N) is 1. The number of methoxy groups -OCH3 is 1. The first-order valence-corrected chi connectivity index (χ1v) is 11.7. The summed E-state index contributed by atoms with van der Waals surface area (Å²) in [5, 5.41) is 4.19. The zero-order chi connectivity index (χ0) is 23.8. The lowest BCUT2D eigenvalue weighted by molar-refractivity contribution is -0.117. The Hall–Kier alpha value is -3.57. The molecule has 0 unspecified atom stereocenters. The molecule has 0 fully saturated rings. The maximum absolute atomic E-state index is 13.8. The summed E-state index contributed by atoms with van der Waals surface area (Å²) in [4.78, 5) is 28.6. The average Bonchev–Trinajstić information content (AvgIpc) is 2.99. The number of carbonyl (C=O) groups excluding carboxylic acids is 2. The Balaban J connectivity index is 1.70. The summed E-state index contributed by atoms with van der Waals surface area (Å²) in [5.74, 6) is 0.595. The quantitative estimate of drug-likeness (QED) is 0.488. The van der Waals surface area contributed by atoms with Gasteiger partial charge >= 0.3 is 0 Å². The molecule has 0 radical (unpaired) electrons. The number of nitrogens with one attached hydrogen (secondary N) is 1. The van der Waals surface area contributed by atoms with Crippen LogP contribution in [0.25, 0.3) is 0 Å². The lowest BCUT2D eigenvalue weighted by atomic mass is 9.78. The zero-order valence-electron chi connectivity index (χ0n) is 19.0. The Morgan fingerprint density at radius 1 is 1.00 bits per heavy atom. The number of ether oxygens (including phenoxy) is 1. The first kappa shape index (κ1) is 22.2. The lowest BCUT2D eigenvalue weighted by Crippen LogP contribution is -2.37. The van der Waals surface area contributed by atoms with Crippen LogP contribution < -0.4 is 15.0 Å². The number of allylic oxidation sites excluding steroid dienone is 1. The van der Waals surface area contributed by atoms with Gasteiger partial charge in [-0.25, -0.2) is 0 Å². The van der Waals surface area contributed by atoms with Gasteiger partial charge in [0.25, 0.3) is 0 Å². The molecule has 1 heterocycles. The Kier molecular flexibility index (Phi) is 5.88. The minimum atomic E-state index is -0.558. The largest absolute Gasteiger partial charge is 0.497 e. The van der Waals surface area contributed by atoms with Crippen molar-refractivity contribution in [2.45, 2.75) is 31.7 Å². The number of hydrogen-bond donors (Lipinski definition) is 1. The highest BCUT2D eigenvalue weighted by Gasteiger charge is 2.40. The number of ketones is 1. The molecule has 0 saturated carbocycles. The van der Waals surface area contributed by atoms with Gasteiger partial charge in [0.1, 0.15) is 5.75 Å². The van der Waals surface area contributed by atoms with E-state index in [0.29, 0.717) is 29.2 Å². The number of amides is 1. The molecule has 1 N–H and O–H groups in total. The highest BCUT2D eigenvalue weighted by atomic mass is 35.5. The minimum Gasteiger partial charge on any atom is -0.497 e. The topological polar surface area (TPSA) is 58.6 Å². The first-order valence-electron chi connectivity index (χ1n) is 11.3. The van der Waals surface area contributed by atoms with E-state index in [1.54, 1.807) is 18.9 Å². The van der Waals surface area contributed by atoms with Crippen LogP contribution in [0.4, 0.5) is 11.4 Å². The number of halogens is 1. The summed E-state index contributed by atoms with van der Waals surface area (Å²) in [6, 6.07) is 22.4. The molecule has 3 aromatic rings. The van der Waals surface area contributed by atoms with E-state index in [1.165, 1.54) is 0 Å². The van der Waals surface area contributed by atoms with Crippen molar-refractivity contribution in [3.8, 4) is 5.75 Å². The van der Waals surface area contributed by atoms with Crippen LogP contribution in [0.15, 0.2) is 84.1 Å². The van der Waals surface area contributed by atoms with E-state index in [4.69, 9.17) is 16.3 Å². The van der Waals surface area contributed by atoms with E-state index in [0.717, 1.165) is 28.2 Å². The summed E-state index contributed by atoms with van der Waals surface area (Å²) in [6.45, 7) is 1.54. The molecule has 6 heteroatoms. The second-order valence-electron chi connectivity index (χ2n) is 8.68. The normalized spacial score (nSPS) is 19.6. The molecule has 5 nitrogen and oxygen atoms in total. The number of fused-ring (bicyclic) bond motifs is 1. The Morgan fingerprint density at radius 3 is 2.50 bits per heavy atom. The van der Waals surface area contributed by atoms with Crippen LogP contribution in [0.3, 0.4) is 0 Å². The Labute approximate surface area is 204 Å². The molecule has 0 saturated heterocycles.